The van der Waals surface area contributed by atoms with E-state index in [4.69, 9.17) is 0 Å². The van der Waals surface area contributed by atoms with Gasteiger partial charge in [0.1, 0.15) is 0 Å². The predicted molar refractivity (Wildman–Crippen MR) is 117 cm³/mol. The molecule has 0 amide bonds. The number of rotatable bonds is 6. The molecular weight excluding hydrogens is 344 g/mol. The highest BCUT2D eigenvalue weighted by atomic mass is 32.1. The lowest BCUT2D eigenvalue weighted by molar-refractivity contribution is 0.733. The van der Waals surface area contributed by atoms with E-state index in [2.05, 4.69) is 109 Å². The van der Waals surface area contributed by atoms with Crippen molar-refractivity contribution in [3.8, 4) is 0 Å². The molecule has 0 nitrogen and oxygen atoms in total. The Morgan fingerprint density at radius 2 is 1.07 bits per heavy atom. The Labute approximate surface area is 166 Å². The molecule has 0 aliphatic heterocycles. The molecule has 0 aliphatic carbocycles. The largest absolute Gasteiger partial charge is 0.149 e. The molecule has 134 valence electrons. The van der Waals surface area contributed by atoms with Crippen molar-refractivity contribution < 1.29 is 0 Å². The quantitative estimate of drug-likeness (QED) is 0.319. The van der Waals surface area contributed by atoms with Crippen LogP contribution in [-0.2, 0) is 11.8 Å². The second-order valence-electron chi connectivity index (χ2n) is 6.86. The topological polar surface area (TPSA) is 0 Å². The van der Waals surface area contributed by atoms with Crippen LogP contribution >= 0.6 is 11.3 Å². The van der Waals surface area contributed by atoms with E-state index >= 15 is 0 Å². The average molecular weight is 369 g/mol. The lowest BCUT2D eigenvalue weighted by Gasteiger charge is -2.37. The van der Waals surface area contributed by atoms with Crippen LogP contribution in [0, 0.1) is 0 Å². The normalized spacial score (nSPS) is 11.4. The van der Waals surface area contributed by atoms with Crippen LogP contribution in [0.15, 0.2) is 102 Å². The number of thiophene rings is 1. The first-order valence-electron chi connectivity index (χ1n) is 9.60. The maximum Gasteiger partial charge on any atom is 0.0712 e. The third-order valence-electron chi connectivity index (χ3n) is 5.25. The van der Waals surface area contributed by atoms with Gasteiger partial charge in [0.25, 0.3) is 0 Å². The summed E-state index contributed by atoms with van der Waals surface area (Å²) in [5, 5.41) is 2.25. The van der Waals surface area contributed by atoms with Crippen LogP contribution in [0.4, 0.5) is 0 Å². The van der Waals surface area contributed by atoms with E-state index in [-0.39, 0.29) is 5.41 Å². The molecule has 0 fully saturated rings. The van der Waals surface area contributed by atoms with Crippen molar-refractivity contribution >= 4 is 11.3 Å². The molecule has 0 saturated carbocycles. The van der Waals surface area contributed by atoms with Crippen LogP contribution in [0.25, 0.3) is 0 Å². The summed E-state index contributed by atoms with van der Waals surface area (Å²) in [4.78, 5) is 1.48. The highest BCUT2D eigenvalue weighted by Gasteiger charge is 2.39. The van der Waals surface area contributed by atoms with Crippen molar-refractivity contribution in [1.29, 1.82) is 0 Å². The molecule has 0 bridgehead atoms. The van der Waals surface area contributed by atoms with Crippen molar-refractivity contribution in [2.24, 2.45) is 0 Å². The van der Waals surface area contributed by atoms with Crippen LogP contribution in [0.5, 0.6) is 0 Å². The molecule has 1 heteroatoms. The van der Waals surface area contributed by atoms with Crippen LogP contribution in [0.3, 0.4) is 0 Å². The summed E-state index contributed by atoms with van der Waals surface area (Å²) in [6.07, 6.45) is 2.27. The van der Waals surface area contributed by atoms with Gasteiger partial charge in [-0.1, -0.05) is 104 Å². The fourth-order valence-electron chi connectivity index (χ4n) is 4.13. The zero-order chi connectivity index (χ0) is 18.5. The third kappa shape index (κ3) is 3.13. The third-order valence-corrected chi connectivity index (χ3v) is 6.23. The zero-order valence-electron chi connectivity index (χ0n) is 15.6. The fourth-order valence-corrected chi connectivity index (χ4v) is 5.16. The summed E-state index contributed by atoms with van der Waals surface area (Å²) in [5.41, 5.74) is 5.07. The Hall–Kier alpha value is -2.64. The molecule has 1 aromatic heterocycles. The summed E-state index contributed by atoms with van der Waals surface area (Å²) in [6.45, 7) is 2.26. The maximum absolute atomic E-state index is 2.34. The van der Waals surface area contributed by atoms with E-state index in [1.165, 1.54) is 27.1 Å². The summed E-state index contributed by atoms with van der Waals surface area (Å²) >= 11 is 1.88. The lowest BCUT2D eigenvalue weighted by atomic mass is 9.65. The molecule has 0 aliphatic rings. The van der Waals surface area contributed by atoms with Crippen LogP contribution in [-0.4, -0.2) is 0 Å². The van der Waals surface area contributed by atoms with E-state index in [1.54, 1.807) is 0 Å². The van der Waals surface area contributed by atoms with Gasteiger partial charge in [0.2, 0.25) is 0 Å². The Bertz CT molecular complexity index is 872. The molecule has 0 saturated heterocycles. The van der Waals surface area contributed by atoms with E-state index in [0.717, 1.165) is 12.8 Å². The van der Waals surface area contributed by atoms with Gasteiger partial charge in [0.05, 0.1) is 5.41 Å². The molecule has 27 heavy (non-hydrogen) atoms. The van der Waals surface area contributed by atoms with Crippen LogP contribution in [0.2, 0.25) is 0 Å². The first-order chi connectivity index (χ1) is 13.4. The number of benzene rings is 3. The molecule has 4 aromatic rings. The minimum atomic E-state index is -0.297. The van der Waals surface area contributed by atoms with Crippen molar-refractivity contribution in [3.63, 3.8) is 0 Å². The van der Waals surface area contributed by atoms with Gasteiger partial charge in [-0.3, -0.25) is 0 Å². The van der Waals surface area contributed by atoms with Crippen LogP contribution < -0.4 is 0 Å². The molecule has 1 heterocycles. The standard InChI is InChI=1S/C26H24S/c1-2-12-25-24(19-20-27-25)26(21-13-6-3-7-14-21,22-15-8-4-9-16-22)23-17-10-5-11-18-23/h3-11,13-20H,2,12H2,1H3. The van der Waals surface area contributed by atoms with Gasteiger partial charge >= 0.3 is 0 Å². The average Bonchev–Trinajstić information content (AvgIpc) is 3.20. The predicted octanol–water partition coefficient (Wildman–Crippen LogP) is 7.08. The highest BCUT2D eigenvalue weighted by Crippen LogP contribution is 2.47. The summed E-state index contributed by atoms with van der Waals surface area (Å²) in [7, 11) is 0. The Morgan fingerprint density at radius 3 is 1.48 bits per heavy atom. The Morgan fingerprint density at radius 1 is 0.630 bits per heavy atom. The molecule has 4 rings (SSSR count). The van der Waals surface area contributed by atoms with Crippen molar-refractivity contribution in [2.45, 2.75) is 25.2 Å². The van der Waals surface area contributed by atoms with Gasteiger partial charge in [0, 0.05) is 4.88 Å². The molecule has 0 unspecified atom stereocenters. The minimum absolute atomic E-state index is 0.297. The lowest BCUT2D eigenvalue weighted by Crippen LogP contribution is -2.31. The Balaban J connectivity index is 2.12. The number of aryl methyl sites for hydroxylation is 1. The van der Waals surface area contributed by atoms with Gasteiger partial charge in [0.15, 0.2) is 0 Å². The van der Waals surface area contributed by atoms with Gasteiger partial charge in [-0.05, 0) is 40.1 Å². The molecule has 0 N–H and O–H groups in total. The monoisotopic (exact) mass is 368 g/mol. The second-order valence-corrected chi connectivity index (χ2v) is 7.86. The summed E-state index contributed by atoms with van der Waals surface area (Å²) in [5.74, 6) is 0. The van der Waals surface area contributed by atoms with E-state index in [9.17, 15) is 0 Å². The minimum Gasteiger partial charge on any atom is -0.149 e. The van der Waals surface area contributed by atoms with Gasteiger partial charge < -0.3 is 0 Å². The van der Waals surface area contributed by atoms with Crippen molar-refractivity contribution in [1.82, 2.24) is 0 Å². The van der Waals surface area contributed by atoms with Crippen LogP contribution in [0.1, 0.15) is 40.5 Å². The smallest absolute Gasteiger partial charge is 0.0712 e. The van der Waals surface area contributed by atoms with Gasteiger partial charge in [-0.2, -0.15) is 0 Å². The molecule has 0 spiro atoms. The molecule has 3 aromatic carbocycles. The highest BCUT2D eigenvalue weighted by molar-refractivity contribution is 7.10. The van der Waals surface area contributed by atoms with E-state index in [0.29, 0.717) is 0 Å². The number of hydrogen-bond donors (Lipinski definition) is 0. The fraction of sp³-hybridized carbons (Fsp3) is 0.154. The second kappa shape index (κ2) is 7.94. The van der Waals surface area contributed by atoms with E-state index in [1.807, 2.05) is 11.3 Å². The first-order valence-corrected chi connectivity index (χ1v) is 10.5. The summed E-state index contributed by atoms with van der Waals surface area (Å²) in [6, 6.07) is 35.2. The molecule has 0 radical (unpaired) electrons. The maximum atomic E-state index is 2.34. The number of hydrogen-bond acceptors (Lipinski definition) is 1. The van der Waals surface area contributed by atoms with Crippen molar-refractivity contribution in [2.75, 3.05) is 0 Å². The SMILES string of the molecule is CCCc1sccc1C(c1ccccc1)(c1ccccc1)c1ccccc1. The zero-order valence-corrected chi connectivity index (χ0v) is 16.5. The van der Waals surface area contributed by atoms with Gasteiger partial charge in [-0.25, -0.2) is 0 Å². The molecular formula is C26H24S. The summed E-state index contributed by atoms with van der Waals surface area (Å²) < 4.78 is 0. The Kier molecular flexibility index (Phi) is 5.22. The van der Waals surface area contributed by atoms with Gasteiger partial charge in [-0.15, -0.1) is 11.3 Å². The molecule has 0 atom stereocenters. The first kappa shape index (κ1) is 17.8. The van der Waals surface area contributed by atoms with Crippen molar-refractivity contribution in [3.05, 3.63) is 130 Å². The van der Waals surface area contributed by atoms with E-state index < -0.39 is 0 Å².